The number of aryl methyl sites for hydroxylation is 1. The summed E-state index contributed by atoms with van der Waals surface area (Å²) in [7, 11) is 1.72. The molecule has 2 rings (SSSR count). The third-order valence-electron chi connectivity index (χ3n) is 3.62. The van der Waals surface area contributed by atoms with E-state index in [4.69, 9.17) is 15.5 Å². The lowest BCUT2D eigenvalue weighted by Crippen LogP contribution is -2.15. The molecular weight excluding hydrogens is 226 g/mol. The summed E-state index contributed by atoms with van der Waals surface area (Å²) in [4.78, 5) is 9.16. The van der Waals surface area contributed by atoms with Crippen LogP contribution in [0.25, 0.3) is 0 Å². The molecule has 0 aliphatic heterocycles. The number of fused-ring (bicyclic) bond motifs is 1. The maximum absolute atomic E-state index is 6.15. The molecule has 0 aromatic carbocycles. The van der Waals surface area contributed by atoms with Crippen LogP contribution in [0.4, 0.5) is 0 Å². The van der Waals surface area contributed by atoms with E-state index in [1.165, 1.54) is 12.8 Å². The second-order valence-corrected chi connectivity index (χ2v) is 5.00. The minimum absolute atomic E-state index is 0.0137. The van der Waals surface area contributed by atoms with Crippen LogP contribution >= 0.6 is 0 Å². The quantitative estimate of drug-likeness (QED) is 0.833. The van der Waals surface area contributed by atoms with Gasteiger partial charge in [-0.15, -0.1) is 0 Å². The minimum Gasteiger partial charge on any atom is -0.373 e. The molecule has 4 heteroatoms. The van der Waals surface area contributed by atoms with E-state index in [-0.39, 0.29) is 12.1 Å². The number of nitrogens with two attached hydrogens (primary N) is 1. The largest absolute Gasteiger partial charge is 0.373 e. The van der Waals surface area contributed by atoms with E-state index < -0.39 is 0 Å². The average molecular weight is 249 g/mol. The predicted molar refractivity (Wildman–Crippen MR) is 71.2 cm³/mol. The number of rotatable bonds is 4. The normalized spacial score (nSPS) is 21.2. The molecule has 2 unspecified atom stereocenters. The van der Waals surface area contributed by atoms with Gasteiger partial charge in [0.25, 0.3) is 0 Å². The van der Waals surface area contributed by atoms with E-state index in [0.717, 1.165) is 42.8 Å². The molecule has 0 bridgehead atoms. The molecule has 0 saturated heterocycles. The summed E-state index contributed by atoms with van der Waals surface area (Å²) in [6.07, 6.45) is 8.35. The van der Waals surface area contributed by atoms with Crippen molar-refractivity contribution in [1.29, 1.82) is 0 Å². The lowest BCUT2D eigenvalue weighted by molar-refractivity contribution is 0.0873. The molecule has 0 fully saturated rings. The molecule has 1 aromatic heterocycles. The van der Waals surface area contributed by atoms with Gasteiger partial charge in [0.05, 0.1) is 0 Å². The molecule has 1 aromatic rings. The van der Waals surface area contributed by atoms with Crippen molar-refractivity contribution in [3.05, 3.63) is 23.3 Å². The predicted octanol–water partition coefficient (Wildman–Crippen LogP) is 2.69. The summed E-state index contributed by atoms with van der Waals surface area (Å²) in [5.74, 6) is 0.812. The van der Waals surface area contributed by atoms with E-state index in [1.54, 1.807) is 7.11 Å². The van der Waals surface area contributed by atoms with Crippen LogP contribution < -0.4 is 5.73 Å². The van der Waals surface area contributed by atoms with Gasteiger partial charge in [-0.1, -0.05) is 19.8 Å². The summed E-state index contributed by atoms with van der Waals surface area (Å²) >= 11 is 0. The van der Waals surface area contributed by atoms with Crippen molar-refractivity contribution in [2.24, 2.45) is 5.73 Å². The molecule has 0 spiro atoms. The summed E-state index contributed by atoms with van der Waals surface area (Å²) < 4.78 is 5.47. The van der Waals surface area contributed by atoms with Crippen molar-refractivity contribution in [3.63, 3.8) is 0 Å². The molecule has 2 N–H and O–H groups in total. The van der Waals surface area contributed by atoms with Crippen LogP contribution in [0, 0.1) is 0 Å². The molecule has 2 atom stereocenters. The van der Waals surface area contributed by atoms with Gasteiger partial charge in [-0.05, 0) is 25.7 Å². The lowest BCUT2D eigenvalue weighted by Gasteiger charge is -2.16. The Bertz CT molecular complexity index is 395. The first-order valence-corrected chi connectivity index (χ1v) is 6.90. The molecular formula is C14H23N3O. The Morgan fingerprint density at radius 2 is 2.33 bits per heavy atom. The van der Waals surface area contributed by atoms with Crippen molar-refractivity contribution in [2.45, 2.75) is 57.6 Å². The van der Waals surface area contributed by atoms with E-state index >= 15 is 0 Å². The molecule has 100 valence electrons. The topological polar surface area (TPSA) is 61.0 Å². The van der Waals surface area contributed by atoms with Crippen molar-refractivity contribution >= 4 is 0 Å². The fourth-order valence-electron chi connectivity index (χ4n) is 2.53. The van der Waals surface area contributed by atoms with Crippen LogP contribution in [0.15, 0.2) is 6.20 Å². The Morgan fingerprint density at radius 3 is 3.06 bits per heavy atom. The van der Waals surface area contributed by atoms with Crippen molar-refractivity contribution in [1.82, 2.24) is 9.97 Å². The fourth-order valence-corrected chi connectivity index (χ4v) is 2.53. The van der Waals surface area contributed by atoms with Gasteiger partial charge in [0.1, 0.15) is 6.10 Å². The minimum atomic E-state index is 0.0137. The first kappa shape index (κ1) is 13.4. The first-order chi connectivity index (χ1) is 8.76. The number of nitrogens with zero attached hydrogens (tertiary/aromatic N) is 2. The Labute approximate surface area is 109 Å². The van der Waals surface area contributed by atoms with E-state index in [1.807, 2.05) is 6.20 Å². The summed E-state index contributed by atoms with van der Waals surface area (Å²) in [5, 5.41) is 0. The molecule has 0 radical (unpaired) electrons. The monoisotopic (exact) mass is 249 g/mol. The highest BCUT2D eigenvalue weighted by Gasteiger charge is 2.20. The molecule has 0 amide bonds. The highest BCUT2D eigenvalue weighted by Crippen LogP contribution is 2.27. The Balaban J connectivity index is 2.27. The fraction of sp³-hybridized carbons (Fsp3) is 0.714. The average Bonchev–Trinajstić information content (AvgIpc) is 2.58. The van der Waals surface area contributed by atoms with Gasteiger partial charge in [0.2, 0.25) is 0 Å². The van der Waals surface area contributed by atoms with Crippen molar-refractivity contribution in [2.75, 3.05) is 7.11 Å². The summed E-state index contributed by atoms with van der Waals surface area (Å²) in [6.45, 7) is 2.14. The van der Waals surface area contributed by atoms with Crippen LogP contribution in [0.2, 0.25) is 0 Å². The van der Waals surface area contributed by atoms with Gasteiger partial charge < -0.3 is 10.5 Å². The third-order valence-corrected chi connectivity index (χ3v) is 3.62. The zero-order valence-corrected chi connectivity index (χ0v) is 11.4. The van der Waals surface area contributed by atoms with Crippen molar-refractivity contribution in [3.8, 4) is 0 Å². The number of aromatic nitrogens is 2. The molecule has 4 nitrogen and oxygen atoms in total. The maximum atomic E-state index is 6.15. The smallest absolute Gasteiger partial charge is 0.157 e. The first-order valence-electron chi connectivity index (χ1n) is 6.90. The highest BCUT2D eigenvalue weighted by atomic mass is 16.5. The molecule has 1 aliphatic carbocycles. The third kappa shape index (κ3) is 2.87. The summed E-state index contributed by atoms with van der Waals surface area (Å²) in [5.41, 5.74) is 8.41. The van der Waals surface area contributed by atoms with Gasteiger partial charge in [0, 0.05) is 30.6 Å². The number of hydrogen-bond donors (Lipinski definition) is 1. The van der Waals surface area contributed by atoms with Gasteiger partial charge >= 0.3 is 0 Å². The van der Waals surface area contributed by atoms with E-state index in [0.29, 0.717) is 0 Å². The Hall–Kier alpha value is -1.00. The second-order valence-electron chi connectivity index (χ2n) is 5.00. The second kappa shape index (κ2) is 6.25. The zero-order chi connectivity index (χ0) is 13.0. The van der Waals surface area contributed by atoms with Crippen LogP contribution in [0.5, 0.6) is 0 Å². The molecule has 1 heterocycles. The van der Waals surface area contributed by atoms with Crippen LogP contribution in [0.1, 0.15) is 68.3 Å². The Kier molecular flexibility index (Phi) is 4.66. The van der Waals surface area contributed by atoms with E-state index in [9.17, 15) is 0 Å². The van der Waals surface area contributed by atoms with Gasteiger partial charge in [0.15, 0.2) is 5.82 Å². The van der Waals surface area contributed by atoms with Gasteiger partial charge in [-0.2, -0.15) is 0 Å². The van der Waals surface area contributed by atoms with Crippen LogP contribution in [-0.4, -0.2) is 17.1 Å². The van der Waals surface area contributed by atoms with E-state index in [2.05, 4.69) is 11.9 Å². The molecule has 0 saturated carbocycles. The van der Waals surface area contributed by atoms with Gasteiger partial charge in [-0.25, -0.2) is 9.97 Å². The number of hydrogen-bond acceptors (Lipinski definition) is 4. The SMILES string of the molecule is CCCC(OC)c1ncc2c(n1)CCCCC2N. The molecule has 1 aliphatic rings. The van der Waals surface area contributed by atoms with Gasteiger partial charge in [-0.3, -0.25) is 0 Å². The maximum Gasteiger partial charge on any atom is 0.157 e. The van der Waals surface area contributed by atoms with Crippen LogP contribution in [0.3, 0.4) is 0 Å². The molecule has 18 heavy (non-hydrogen) atoms. The Morgan fingerprint density at radius 1 is 1.50 bits per heavy atom. The number of ether oxygens (including phenoxy) is 1. The summed E-state index contributed by atoms with van der Waals surface area (Å²) in [6, 6.07) is 0.101. The lowest BCUT2D eigenvalue weighted by atomic mass is 10.1. The standard InChI is InChI=1S/C14H23N3O/c1-3-6-13(18-2)14-16-9-10-11(15)7-4-5-8-12(10)17-14/h9,11,13H,3-8,15H2,1-2H3. The highest BCUT2D eigenvalue weighted by molar-refractivity contribution is 5.23. The number of methoxy groups -OCH3 is 1. The zero-order valence-electron chi connectivity index (χ0n) is 11.4. The van der Waals surface area contributed by atoms with Crippen LogP contribution in [-0.2, 0) is 11.2 Å². The van der Waals surface area contributed by atoms with Crippen molar-refractivity contribution < 1.29 is 4.74 Å².